The monoisotopic (exact) mass is 799 g/mol. The Bertz CT molecular complexity index is 3940. The van der Waals surface area contributed by atoms with E-state index in [2.05, 4.69) is 223 Å². The zero-order valence-corrected chi connectivity index (χ0v) is 34.2. The number of fused-ring (bicyclic) bond motifs is 11. The van der Waals surface area contributed by atoms with E-state index in [0.717, 1.165) is 44.3 Å². The summed E-state index contributed by atoms with van der Waals surface area (Å²) >= 11 is 0. The minimum atomic E-state index is 0.859. The van der Waals surface area contributed by atoms with Crippen LogP contribution in [0.15, 0.2) is 225 Å². The van der Waals surface area contributed by atoms with Gasteiger partial charge in [0.25, 0.3) is 0 Å². The second-order valence-corrected chi connectivity index (χ2v) is 16.5. The summed E-state index contributed by atoms with van der Waals surface area (Å²) in [5.74, 6) is 0. The van der Waals surface area contributed by atoms with Gasteiger partial charge in [-0.2, -0.15) is 0 Å². The molecule has 13 aromatic rings. The van der Waals surface area contributed by atoms with E-state index < -0.39 is 0 Å². The van der Waals surface area contributed by atoms with Crippen LogP contribution in [0.2, 0.25) is 0 Å². The fourth-order valence-corrected chi connectivity index (χ4v) is 10.2. The normalized spacial score (nSPS) is 11.8. The number of rotatable bonds is 5. The van der Waals surface area contributed by atoms with E-state index in [1.54, 1.807) is 0 Å². The zero-order valence-electron chi connectivity index (χ0n) is 34.2. The minimum absolute atomic E-state index is 0.859. The third kappa shape index (κ3) is 5.53. The molecule has 2 heterocycles. The largest absolute Gasteiger partial charge is 0.309 e. The van der Waals surface area contributed by atoms with Gasteiger partial charge in [-0.05, 0) is 96.0 Å². The van der Waals surface area contributed by atoms with Gasteiger partial charge in [0.15, 0.2) is 0 Å². The average Bonchev–Trinajstić information content (AvgIpc) is 3.69. The lowest BCUT2D eigenvalue weighted by Gasteiger charge is -2.16. The summed E-state index contributed by atoms with van der Waals surface area (Å²) in [5, 5.41) is 12.0. The summed E-state index contributed by atoms with van der Waals surface area (Å²) in [5.41, 5.74) is 14.5. The van der Waals surface area contributed by atoms with Gasteiger partial charge in [-0.1, -0.05) is 188 Å². The molecule has 292 valence electrons. The molecule has 0 saturated heterocycles. The van der Waals surface area contributed by atoms with E-state index in [1.807, 2.05) is 6.20 Å². The Morgan fingerprint density at radius 3 is 1.52 bits per heavy atom. The van der Waals surface area contributed by atoms with Crippen molar-refractivity contribution in [3.05, 3.63) is 225 Å². The molecule has 0 saturated carbocycles. The molecule has 0 aliphatic carbocycles. The van der Waals surface area contributed by atoms with Crippen molar-refractivity contribution in [2.75, 3.05) is 0 Å². The number of hydrogen-bond donors (Lipinski definition) is 0. The van der Waals surface area contributed by atoms with Crippen LogP contribution in [-0.4, -0.2) is 14.5 Å². The Labute approximate surface area is 363 Å². The second-order valence-electron chi connectivity index (χ2n) is 16.5. The molecule has 0 atom stereocenters. The summed E-state index contributed by atoms with van der Waals surface area (Å²) in [6.45, 7) is 0. The highest BCUT2D eigenvalue weighted by atomic mass is 15.0. The highest BCUT2D eigenvalue weighted by Gasteiger charge is 2.18. The summed E-state index contributed by atoms with van der Waals surface area (Å²) in [6, 6.07) is 79.1. The molecule has 2 aromatic heterocycles. The standard InChI is InChI=1S/C60H37N3/c1-2-17-41(18-3-1)63-57-30-11-10-23-52(57)53-32-31-39(36-58(53)63)42-26-13-28-47-45(42)27-14-29-48(47)51-34-33-43(44-19-4-5-20-46(44)51)38-15-12-16-40(35-38)56-37-61-59-54-24-8-6-21-49(54)50-22-7-9-25-55(50)60(59)62-56/h1-37H. The van der Waals surface area contributed by atoms with Crippen molar-refractivity contribution in [1.29, 1.82) is 0 Å². The highest BCUT2D eigenvalue weighted by Crippen LogP contribution is 2.43. The van der Waals surface area contributed by atoms with E-state index in [0.29, 0.717) is 0 Å². The van der Waals surface area contributed by atoms with Gasteiger partial charge in [-0.3, -0.25) is 4.98 Å². The predicted molar refractivity (Wildman–Crippen MR) is 266 cm³/mol. The summed E-state index contributed by atoms with van der Waals surface area (Å²) in [7, 11) is 0. The van der Waals surface area contributed by atoms with Crippen molar-refractivity contribution in [2.45, 2.75) is 0 Å². The van der Waals surface area contributed by atoms with Gasteiger partial charge in [0.2, 0.25) is 0 Å². The Morgan fingerprint density at radius 1 is 0.286 bits per heavy atom. The Kier molecular flexibility index (Phi) is 7.91. The number of nitrogens with zero attached hydrogens (tertiary/aromatic N) is 3. The van der Waals surface area contributed by atoms with Crippen LogP contribution in [0.1, 0.15) is 0 Å². The Morgan fingerprint density at radius 2 is 0.778 bits per heavy atom. The maximum Gasteiger partial charge on any atom is 0.0979 e. The number of para-hydroxylation sites is 2. The van der Waals surface area contributed by atoms with Crippen LogP contribution in [0.3, 0.4) is 0 Å². The SMILES string of the molecule is c1ccc(-n2c3ccccc3c3ccc(-c4cccc5c(-c6ccc(-c7cccc(-c8cnc9c%10ccccc%10c%10ccccc%10c9n8)c7)c7ccccc67)cccc45)cc32)cc1. The molecular weight excluding hydrogens is 763 g/mol. The van der Waals surface area contributed by atoms with Crippen molar-refractivity contribution in [1.82, 2.24) is 14.5 Å². The van der Waals surface area contributed by atoms with Crippen LogP contribution in [0.25, 0.3) is 126 Å². The topological polar surface area (TPSA) is 30.7 Å². The molecule has 0 amide bonds. The summed E-state index contributed by atoms with van der Waals surface area (Å²) in [4.78, 5) is 10.4. The lowest BCUT2D eigenvalue weighted by atomic mass is 9.88. The molecule has 0 aliphatic heterocycles. The first kappa shape index (κ1) is 35.4. The molecule has 0 unspecified atom stereocenters. The fourth-order valence-electron chi connectivity index (χ4n) is 10.2. The second kappa shape index (κ2) is 14.1. The van der Waals surface area contributed by atoms with E-state index >= 15 is 0 Å². The third-order valence-electron chi connectivity index (χ3n) is 13.0. The van der Waals surface area contributed by atoms with Crippen LogP contribution in [-0.2, 0) is 0 Å². The molecule has 13 rings (SSSR count). The average molecular weight is 800 g/mol. The maximum atomic E-state index is 5.31. The van der Waals surface area contributed by atoms with E-state index in [9.17, 15) is 0 Å². The van der Waals surface area contributed by atoms with Crippen molar-refractivity contribution < 1.29 is 0 Å². The molecule has 3 heteroatoms. The van der Waals surface area contributed by atoms with Gasteiger partial charge in [-0.25, -0.2) is 4.98 Å². The smallest absolute Gasteiger partial charge is 0.0979 e. The molecule has 0 bridgehead atoms. The number of hydrogen-bond acceptors (Lipinski definition) is 2. The van der Waals surface area contributed by atoms with Gasteiger partial charge in [0, 0.05) is 32.8 Å². The highest BCUT2D eigenvalue weighted by molar-refractivity contribution is 6.23. The third-order valence-corrected chi connectivity index (χ3v) is 13.0. The van der Waals surface area contributed by atoms with Crippen molar-refractivity contribution in [3.8, 4) is 50.3 Å². The predicted octanol–water partition coefficient (Wildman–Crippen LogP) is 16.0. The fraction of sp³-hybridized carbons (Fsp3) is 0. The Balaban J connectivity index is 0.925. The number of benzene rings is 11. The summed E-state index contributed by atoms with van der Waals surface area (Å²) in [6.07, 6.45) is 1.93. The van der Waals surface area contributed by atoms with Gasteiger partial charge >= 0.3 is 0 Å². The minimum Gasteiger partial charge on any atom is -0.309 e. The first-order valence-electron chi connectivity index (χ1n) is 21.6. The van der Waals surface area contributed by atoms with E-state index in [1.165, 1.54) is 81.9 Å². The maximum absolute atomic E-state index is 5.31. The van der Waals surface area contributed by atoms with Crippen LogP contribution >= 0.6 is 0 Å². The van der Waals surface area contributed by atoms with Gasteiger partial charge in [0.1, 0.15) is 0 Å². The van der Waals surface area contributed by atoms with Gasteiger partial charge < -0.3 is 4.57 Å². The number of aromatic nitrogens is 3. The van der Waals surface area contributed by atoms with Crippen LogP contribution in [0, 0.1) is 0 Å². The first-order valence-corrected chi connectivity index (χ1v) is 21.6. The van der Waals surface area contributed by atoms with Crippen LogP contribution in [0.4, 0.5) is 0 Å². The molecule has 11 aromatic carbocycles. The van der Waals surface area contributed by atoms with Crippen molar-refractivity contribution in [3.63, 3.8) is 0 Å². The molecule has 0 fully saturated rings. The molecule has 0 radical (unpaired) electrons. The van der Waals surface area contributed by atoms with E-state index in [-0.39, 0.29) is 0 Å². The zero-order chi connectivity index (χ0) is 41.4. The molecule has 63 heavy (non-hydrogen) atoms. The van der Waals surface area contributed by atoms with Crippen molar-refractivity contribution in [2.24, 2.45) is 0 Å². The molecule has 0 N–H and O–H groups in total. The van der Waals surface area contributed by atoms with Gasteiger partial charge in [0.05, 0.1) is 34.0 Å². The summed E-state index contributed by atoms with van der Waals surface area (Å²) < 4.78 is 2.40. The van der Waals surface area contributed by atoms with Crippen LogP contribution in [0.5, 0.6) is 0 Å². The van der Waals surface area contributed by atoms with Crippen LogP contribution < -0.4 is 0 Å². The lowest BCUT2D eigenvalue weighted by molar-refractivity contribution is 1.18. The lowest BCUT2D eigenvalue weighted by Crippen LogP contribution is -1.93. The first-order chi connectivity index (χ1) is 31.3. The molecule has 3 nitrogen and oxygen atoms in total. The Hall–Kier alpha value is -8.40. The van der Waals surface area contributed by atoms with Crippen molar-refractivity contribution >= 4 is 75.9 Å². The molecular formula is C60H37N3. The quantitative estimate of drug-likeness (QED) is 0.162. The molecule has 0 aliphatic rings. The van der Waals surface area contributed by atoms with E-state index in [4.69, 9.17) is 9.97 Å². The molecule has 0 spiro atoms. The van der Waals surface area contributed by atoms with Gasteiger partial charge in [-0.15, -0.1) is 0 Å².